The molecule has 1 heterocycles. The second-order valence-corrected chi connectivity index (χ2v) is 10.3. The van der Waals surface area contributed by atoms with E-state index in [1.807, 2.05) is 19.1 Å². The first-order valence-electron chi connectivity index (χ1n) is 8.80. The number of carbonyl (C=O) groups excluding carboxylic acids is 1. The van der Waals surface area contributed by atoms with Crippen molar-refractivity contribution in [3.63, 3.8) is 0 Å². The number of phenolic OH excluding ortho intramolecular Hbond substituents is 1. The van der Waals surface area contributed by atoms with E-state index in [0.717, 1.165) is 15.6 Å². The van der Waals surface area contributed by atoms with Gasteiger partial charge in [-0.1, -0.05) is 26.0 Å². The Kier molecular flexibility index (Phi) is 5.50. The predicted octanol–water partition coefficient (Wildman–Crippen LogP) is 4.80. The fourth-order valence-corrected chi connectivity index (χ4v) is 6.31. The molecular formula is C21H22O5S2. The highest BCUT2D eigenvalue weighted by molar-refractivity contribution is 7.93. The average Bonchev–Trinajstić information content (AvgIpc) is 2.98. The number of benzene rings is 2. The lowest BCUT2D eigenvalue weighted by Crippen LogP contribution is -2.06. The van der Waals surface area contributed by atoms with Gasteiger partial charge in [-0.3, -0.25) is 0 Å². The van der Waals surface area contributed by atoms with Gasteiger partial charge in [0, 0.05) is 4.70 Å². The summed E-state index contributed by atoms with van der Waals surface area (Å²) < 4.78 is 31.9. The number of aromatic hydroxyl groups is 1. The third-order valence-electron chi connectivity index (χ3n) is 4.69. The van der Waals surface area contributed by atoms with E-state index in [2.05, 4.69) is 24.7 Å². The minimum atomic E-state index is -3.60. The minimum absolute atomic E-state index is 0.00269. The average molecular weight is 419 g/mol. The fraction of sp³-hybridized carbons (Fsp3) is 0.286. The molecule has 0 aliphatic carbocycles. The zero-order chi connectivity index (χ0) is 20.6. The van der Waals surface area contributed by atoms with Crippen LogP contribution < -0.4 is 0 Å². The first kappa shape index (κ1) is 20.4. The third kappa shape index (κ3) is 3.77. The Morgan fingerprint density at radius 3 is 2.50 bits per heavy atom. The SMILES string of the molecule is COC(=O)c1ccc(CS(=O)(=O)c2sc3ccc(C(C)C)cc3c2C)cc1O. The number of esters is 1. The molecular weight excluding hydrogens is 396 g/mol. The molecule has 2 aromatic carbocycles. The standard InChI is InChI=1S/C21H22O5S2/c1-12(2)15-6-8-19-17(10-15)13(3)21(27-19)28(24,25)11-14-5-7-16(18(22)9-14)20(23)26-4/h5-10,12,22H,11H2,1-4H3. The van der Waals surface area contributed by atoms with E-state index in [-0.39, 0.29) is 17.1 Å². The molecule has 3 rings (SSSR count). The molecule has 0 saturated carbocycles. The van der Waals surface area contributed by atoms with Gasteiger partial charge in [0.1, 0.15) is 15.5 Å². The van der Waals surface area contributed by atoms with Crippen molar-refractivity contribution in [1.82, 2.24) is 0 Å². The van der Waals surface area contributed by atoms with Gasteiger partial charge in [0.05, 0.1) is 12.9 Å². The maximum atomic E-state index is 13.0. The summed E-state index contributed by atoms with van der Waals surface area (Å²) >= 11 is 1.26. The number of sulfone groups is 1. The second kappa shape index (κ2) is 7.56. The van der Waals surface area contributed by atoms with Crippen LogP contribution in [0.25, 0.3) is 10.1 Å². The molecule has 1 N–H and O–H groups in total. The van der Waals surface area contributed by atoms with E-state index in [9.17, 15) is 18.3 Å². The molecule has 1 aromatic heterocycles. The van der Waals surface area contributed by atoms with Crippen LogP contribution in [0.1, 0.15) is 46.8 Å². The minimum Gasteiger partial charge on any atom is -0.507 e. The number of carbonyl (C=O) groups is 1. The van der Waals surface area contributed by atoms with E-state index in [4.69, 9.17) is 0 Å². The van der Waals surface area contributed by atoms with Crippen molar-refractivity contribution < 1.29 is 23.1 Å². The van der Waals surface area contributed by atoms with Crippen LogP contribution in [-0.2, 0) is 20.3 Å². The number of aryl methyl sites for hydroxylation is 1. The Bertz CT molecular complexity index is 1160. The van der Waals surface area contributed by atoms with Crippen molar-refractivity contribution in [2.24, 2.45) is 0 Å². The van der Waals surface area contributed by atoms with Gasteiger partial charge in [0.2, 0.25) is 0 Å². The lowest BCUT2D eigenvalue weighted by atomic mass is 10.0. The van der Waals surface area contributed by atoms with Gasteiger partial charge in [-0.2, -0.15) is 0 Å². The highest BCUT2D eigenvalue weighted by atomic mass is 32.2. The zero-order valence-corrected chi connectivity index (χ0v) is 17.8. The first-order chi connectivity index (χ1) is 13.1. The van der Waals surface area contributed by atoms with E-state index in [0.29, 0.717) is 15.7 Å². The van der Waals surface area contributed by atoms with Crippen LogP contribution in [0, 0.1) is 6.92 Å². The van der Waals surface area contributed by atoms with Crippen molar-refractivity contribution in [2.75, 3.05) is 7.11 Å². The number of ether oxygens (including phenoxy) is 1. The summed E-state index contributed by atoms with van der Waals surface area (Å²) in [6, 6.07) is 10.2. The van der Waals surface area contributed by atoms with E-state index in [1.54, 1.807) is 0 Å². The van der Waals surface area contributed by atoms with Crippen LogP contribution in [0.3, 0.4) is 0 Å². The molecule has 148 valence electrons. The van der Waals surface area contributed by atoms with Crippen LogP contribution in [-0.4, -0.2) is 26.6 Å². The van der Waals surface area contributed by atoms with Crippen molar-refractivity contribution in [2.45, 2.75) is 36.7 Å². The van der Waals surface area contributed by atoms with E-state index in [1.165, 1.54) is 42.2 Å². The molecule has 28 heavy (non-hydrogen) atoms. The molecule has 0 saturated heterocycles. The fourth-order valence-electron chi connectivity index (χ4n) is 3.11. The number of thiophene rings is 1. The Morgan fingerprint density at radius 1 is 1.18 bits per heavy atom. The molecule has 0 radical (unpaired) electrons. The van der Waals surface area contributed by atoms with Crippen molar-refractivity contribution in [3.8, 4) is 5.75 Å². The molecule has 5 nitrogen and oxygen atoms in total. The molecule has 0 aliphatic heterocycles. The highest BCUT2D eigenvalue weighted by Gasteiger charge is 2.23. The summed E-state index contributed by atoms with van der Waals surface area (Å²) in [5.41, 5.74) is 2.33. The third-order valence-corrected chi connectivity index (χ3v) is 8.35. The van der Waals surface area contributed by atoms with Crippen molar-refractivity contribution in [1.29, 1.82) is 0 Å². The van der Waals surface area contributed by atoms with Gasteiger partial charge < -0.3 is 9.84 Å². The lowest BCUT2D eigenvalue weighted by Gasteiger charge is -2.07. The number of rotatable bonds is 5. The monoisotopic (exact) mass is 418 g/mol. The summed E-state index contributed by atoms with van der Waals surface area (Å²) in [6.07, 6.45) is 0. The highest BCUT2D eigenvalue weighted by Crippen LogP contribution is 2.37. The molecule has 0 fully saturated rings. The van der Waals surface area contributed by atoms with Gasteiger partial charge in [0.25, 0.3) is 0 Å². The van der Waals surface area contributed by atoms with Gasteiger partial charge in [-0.05, 0) is 59.2 Å². The molecule has 7 heteroatoms. The second-order valence-electron chi connectivity index (χ2n) is 7.03. The smallest absolute Gasteiger partial charge is 0.341 e. The van der Waals surface area contributed by atoms with Crippen LogP contribution >= 0.6 is 11.3 Å². The number of methoxy groups -OCH3 is 1. The molecule has 3 aromatic rings. The van der Waals surface area contributed by atoms with Crippen LogP contribution in [0.2, 0.25) is 0 Å². The van der Waals surface area contributed by atoms with Gasteiger partial charge in [0.15, 0.2) is 9.84 Å². The number of fused-ring (bicyclic) bond motifs is 1. The lowest BCUT2D eigenvalue weighted by molar-refractivity contribution is 0.0597. The largest absolute Gasteiger partial charge is 0.507 e. The molecule has 0 aliphatic rings. The summed E-state index contributed by atoms with van der Waals surface area (Å²) in [5.74, 6) is -0.866. The predicted molar refractivity (Wildman–Crippen MR) is 111 cm³/mol. The zero-order valence-electron chi connectivity index (χ0n) is 16.1. The van der Waals surface area contributed by atoms with E-state index < -0.39 is 15.8 Å². The number of hydrogen-bond acceptors (Lipinski definition) is 6. The Labute approximate surface area is 168 Å². The number of hydrogen-bond donors (Lipinski definition) is 1. The molecule has 0 bridgehead atoms. The van der Waals surface area contributed by atoms with Gasteiger partial charge in [-0.25, -0.2) is 13.2 Å². The summed E-state index contributed by atoms with van der Waals surface area (Å²) in [7, 11) is -2.39. The van der Waals surface area contributed by atoms with E-state index >= 15 is 0 Å². The normalized spacial score (nSPS) is 11.9. The molecule has 0 amide bonds. The van der Waals surface area contributed by atoms with Crippen molar-refractivity contribution >= 4 is 37.2 Å². The number of phenols is 1. The van der Waals surface area contributed by atoms with Gasteiger partial charge in [-0.15, -0.1) is 11.3 Å². The summed E-state index contributed by atoms with van der Waals surface area (Å²) in [4.78, 5) is 11.6. The quantitative estimate of drug-likeness (QED) is 0.602. The van der Waals surface area contributed by atoms with Crippen LogP contribution in [0.4, 0.5) is 0 Å². The first-order valence-corrected chi connectivity index (χ1v) is 11.3. The Balaban J connectivity index is 1.98. The van der Waals surface area contributed by atoms with Crippen LogP contribution in [0.15, 0.2) is 40.6 Å². The van der Waals surface area contributed by atoms with Crippen LogP contribution in [0.5, 0.6) is 5.75 Å². The topological polar surface area (TPSA) is 80.7 Å². The summed E-state index contributed by atoms with van der Waals surface area (Å²) in [6.45, 7) is 6.03. The maximum absolute atomic E-state index is 13.0. The van der Waals surface area contributed by atoms with Gasteiger partial charge >= 0.3 is 5.97 Å². The Morgan fingerprint density at radius 2 is 1.89 bits per heavy atom. The summed E-state index contributed by atoms with van der Waals surface area (Å²) in [5, 5.41) is 11.0. The maximum Gasteiger partial charge on any atom is 0.341 e. The molecule has 0 atom stereocenters. The Hall–Kier alpha value is -2.38. The molecule has 0 unspecified atom stereocenters. The molecule has 0 spiro atoms. The van der Waals surface area contributed by atoms with Crippen molar-refractivity contribution in [3.05, 3.63) is 58.7 Å².